The molecule has 5 heteroatoms. The van der Waals surface area contributed by atoms with Crippen LogP contribution in [0.5, 0.6) is 5.75 Å². The van der Waals surface area contributed by atoms with Gasteiger partial charge in [0.05, 0.1) is 18.0 Å². The molecule has 1 unspecified atom stereocenters. The minimum Gasteiger partial charge on any atom is -0.489 e. The predicted octanol–water partition coefficient (Wildman–Crippen LogP) is 5.47. The first-order valence-corrected chi connectivity index (χ1v) is 10.4. The molecule has 0 aliphatic heterocycles. The third kappa shape index (κ3) is 4.98. The van der Waals surface area contributed by atoms with Crippen molar-refractivity contribution in [2.24, 2.45) is 0 Å². The molecule has 2 heterocycles. The number of hydrogen-bond acceptors (Lipinski definition) is 3. The largest absolute Gasteiger partial charge is 0.489 e. The molecular weight excluding hydrogens is 400 g/mol. The fourth-order valence-corrected chi connectivity index (χ4v) is 3.63. The van der Waals surface area contributed by atoms with Gasteiger partial charge >= 0.3 is 5.97 Å². The number of benzene rings is 2. The first-order valence-electron chi connectivity index (χ1n) is 10.4. The summed E-state index contributed by atoms with van der Waals surface area (Å²) in [5.74, 6) is 5.31. The van der Waals surface area contributed by atoms with Gasteiger partial charge in [-0.2, -0.15) is 0 Å². The average Bonchev–Trinajstić information content (AvgIpc) is 3.21. The van der Waals surface area contributed by atoms with E-state index in [2.05, 4.69) is 37.0 Å². The number of carboxylic acid groups (broad SMARTS) is 1. The van der Waals surface area contributed by atoms with E-state index in [0.29, 0.717) is 6.61 Å². The van der Waals surface area contributed by atoms with Crippen molar-refractivity contribution in [2.75, 3.05) is 0 Å². The summed E-state index contributed by atoms with van der Waals surface area (Å²) in [6, 6.07) is 19.8. The third-order valence-electron chi connectivity index (χ3n) is 5.21. The van der Waals surface area contributed by atoms with Crippen molar-refractivity contribution in [1.29, 1.82) is 0 Å². The van der Waals surface area contributed by atoms with Gasteiger partial charge in [0, 0.05) is 23.5 Å². The number of carboxylic acids is 1. The van der Waals surface area contributed by atoms with Crippen LogP contribution in [0.4, 0.5) is 0 Å². The number of aromatic nitrogens is 2. The molecule has 0 spiro atoms. The lowest BCUT2D eigenvalue weighted by atomic mass is 9.96. The lowest BCUT2D eigenvalue weighted by Gasteiger charge is -2.11. The molecule has 4 aromatic rings. The molecule has 4 rings (SSSR count). The molecule has 0 radical (unpaired) electrons. The summed E-state index contributed by atoms with van der Waals surface area (Å²) in [4.78, 5) is 15.8. The molecule has 0 aliphatic carbocycles. The quantitative estimate of drug-likeness (QED) is 0.400. The highest BCUT2D eigenvalue weighted by molar-refractivity contribution is 5.69. The van der Waals surface area contributed by atoms with Crippen molar-refractivity contribution in [1.82, 2.24) is 9.38 Å². The molecule has 32 heavy (non-hydrogen) atoms. The predicted molar refractivity (Wildman–Crippen MR) is 125 cm³/mol. The minimum absolute atomic E-state index is 0.0174. The van der Waals surface area contributed by atoms with Gasteiger partial charge < -0.3 is 14.2 Å². The van der Waals surface area contributed by atoms with E-state index in [4.69, 9.17) is 14.8 Å². The number of hydrogen-bond donors (Lipinski definition) is 1. The lowest BCUT2D eigenvalue weighted by molar-refractivity contribution is -0.137. The lowest BCUT2D eigenvalue weighted by Crippen LogP contribution is -2.04. The second-order valence-corrected chi connectivity index (χ2v) is 7.70. The van der Waals surface area contributed by atoms with E-state index in [1.165, 1.54) is 5.56 Å². The maximum atomic E-state index is 11.1. The Hall–Kier alpha value is -4.04. The van der Waals surface area contributed by atoms with Gasteiger partial charge in [-0.15, -0.1) is 5.92 Å². The monoisotopic (exact) mass is 424 g/mol. The molecule has 0 saturated heterocycles. The maximum absolute atomic E-state index is 11.1. The summed E-state index contributed by atoms with van der Waals surface area (Å²) in [6.45, 7) is 4.21. The summed E-state index contributed by atoms with van der Waals surface area (Å²) < 4.78 is 7.95. The van der Waals surface area contributed by atoms with Crippen molar-refractivity contribution < 1.29 is 14.6 Å². The van der Waals surface area contributed by atoms with E-state index in [9.17, 15) is 4.79 Å². The molecule has 160 valence electrons. The Morgan fingerprint density at radius 2 is 1.94 bits per heavy atom. The van der Waals surface area contributed by atoms with Gasteiger partial charge in [-0.3, -0.25) is 4.79 Å². The third-order valence-corrected chi connectivity index (χ3v) is 5.21. The van der Waals surface area contributed by atoms with Gasteiger partial charge in [0.2, 0.25) is 0 Å². The van der Waals surface area contributed by atoms with Gasteiger partial charge in [0.25, 0.3) is 0 Å². The summed E-state index contributed by atoms with van der Waals surface area (Å²) in [5.41, 5.74) is 6.02. The topological polar surface area (TPSA) is 63.8 Å². The molecule has 0 aliphatic rings. The fraction of sp³-hybridized carbons (Fsp3) is 0.185. The van der Waals surface area contributed by atoms with Crippen molar-refractivity contribution in [3.05, 3.63) is 89.7 Å². The Labute approximate surface area is 187 Å². The molecule has 0 fully saturated rings. The number of carbonyl (C=O) groups is 1. The number of pyridine rings is 1. The first-order chi connectivity index (χ1) is 15.5. The molecule has 0 bridgehead atoms. The second kappa shape index (κ2) is 9.40. The normalized spacial score (nSPS) is 11.6. The van der Waals surface area contributed by atoms with Gasteiger partial charge in [0.15, 0.2) is 0 Å². The molecule has 2 aromatic heterocycles. The number of rotatable bonds is 7. The summed E-state index contributed by atoms with van der Waals surface area (Å²) in [6.07, 6.45) is 4.03. The fourth-order valence-electron chi connectivity index (χ4n) is 3.63. The van der Waals surface area contributed by atoms with Crippen LogP contribution >= 0.6 is 0 Å². The molecule has 0 saturated carbocycles. The molecule has 5 nitrogen and oxygen atoms in total. The van der Waals surface area contributed by atoms with E-state index < -0.39 is 5.97 Å². The van der Waals surface area contributed by atoms with Crippen LogP contribution in [0.3, 0.4) is 0 Å². The van der Waals surface area contributed by atoms with Crippen LogP contribution in [-0.4, -0.2) is 20.5 Å². The van der Waals surface area contributed by atoms with Crippen molar-refractivity contribution in [3.63, 3.8) is 0 Å². The standard InChI is InChI=1S/C27H24N2O3/c1-3-5-22(15-27(30)31)21-9-11-24(12-10-21)32-18-20-8-13-26-28-25(17-29(26)16-20)23-7-4-6-19(2)14-23/h4,6-14,16-17,22H,15,18H2,1-2H3,(H,30,31). The van der Waals surface area contributed by atoms with Crippen molar-refractivity contribution >= 4 is 11.6 Å². The van der Waals surface area contributed by atoms with Crippen molar-refractivity contribution in [3.8, 4) is 28.8 Å². The molecule has 0 amide bonds. The van der Waals surface area contributed by atoms with Gasteiger partial charge in [0.1, 0.15) is 18.0 Å². The Morgan fingerprint density at radius 3 is 2.66 bits per heavy atom. The number of aliphatic carboxylic acids is 1. The van der Waals surface area contributed by atoms with E-state index in [1.807, 2.05) is 59.3 Å². The average molecular weight is 425 g/mol. The molecule has 2 aromatic carbocycles. The highest BCUT2D eigenvalue weighted by atomic mass is 16.5. The van der Waals surface area contributed by atoms with Crippen LogP contribution in [-0.2, 0) is 11.4 Å². The zero-order valence-corrected chi connectivity index (χ0v) is 18.1. The maximum Gasteiger partial charge on any atom is 0.304 e. The Kier molecular flexibility index (Phi) is 6.23. The summed E-state index contributed by atoms with van der Waals surface area (Å²) in [7, 11) is 0. The van der Waals surface area contributed by atoms with Crippen LogP contribution in [0.1, 0.15) is 36.0 Å². The highest BCUT2D eigenvalue weighted by Gasteiger charge is 2.13. The Balaban J connectivity index is 1.45. The number of ether oxygens (including phenoxy) is 1. The summed E-state index contributed by atoms with van der Waals surface area (Å²) >= 11 is 0. The summed E-state index contributed by atoms with van der Waals surface area (Å²) in [5, 5.41) is 9.09. The second-order valence-electron chi connectivity index (χ2n) is 7.70. The van der Waals surface area contributed by atoms with E-state index in [1.54, 1.807) is 6.92 Å². The van der Waals surface area contributed by atoms with Crippen LogP contribution in [0, 0.1) is 18.8 Å². The van der Waals surface area contributed by atoms with Crippen LogP contribution < -0.4 is 4.74 Å². The van der Waals surface area contributed by atoms with Crippen LogP contribution in [0.15, 0.2) is 73.1 Å². The molecular formula is C27H24N2O3. The highest BCUT2D eigenvalue weighted by Crippen LogP contribution is 2.24. The first kappa shape index (κ1) is 21.2. The van der Waals surface area contributed by atoms with Gasteiger partial charge in [-0.1, -0.05) is 47.9 Å². The van der Waals surface area contributed by atoms with E-state index in [-0.39, 0.29) is 12.3 Å². The molecule has 1 N–H and O–H groups in total. The minimum atomic E-state index is -0.862. The zero-order valence-electron chi connectivity index (χ0n) is 18.1. The van der Waals surface area contributed by atoms with E-state index in [0.717, 1.165) is 33.8 Å². The number of fused-ring (bicyclic) bond motifs is 1. The molecule has 1 atom stereocenters. The SMILES string of the molecule is CC#CC(CC(=O)O)c1ccc(OCc2ccc3nc(-c4cccc(C)c4)cn3c2)cc1. The number of nitrogens with zero attached hydrogens (tertiary/aromatic N) is 2. The zero-order chi connectivity index (χ0) is 22.5. The van der Waals surface area contributed by atoms with Gasteiger partial charge in [-0.05, 0) is 43.7 Å². The van der Waals surface area contributed by atoms with Crippen LogP contribution in [0.25, 0.3) is 16.9 Å². The van der Waals surface area contributed by atoms with Gasteiger partial charge in [-0.25, -0.2) is 4.98 Å². The van der Waals surface area contributed by atoms with Crippen molar-refractivity contribution in [2.45, 2.75) is 32.8 Å². The number of imidazole rings is 1. The van der Waals surface area contributed by atoms with Crippen LogP contribution in [0.2, 0.25) is 0 Å². The Morgan fingerprint density at radius 1 is 1.12 bits per heavy atom. The number of aryl methyl sites for hydroxylation is 1. The smallest absolute Gasteiger partial charge is 0.304 e. The Bertz CT molecular complexity index is 1310. The van der Waals surface area contributed by atoms with E-state index >= 15 is 0 Å².